The molecule has 116 valence electrons. The van der Waals surface area contributed by atoms with Crippen LogP contribution in [0.3, 0.4) is 0 Å². The van der Waals surface area contributed by atoms with Crippen LogP contribution in [0.1, 0.15) is 31.9 Å². The van der Waals surface area contributed by atoms with Gasteiger partial charge in [0.1, 0.15) is 12.2 Å². The van der Waals surface area contributed by atoms with Gasteiger partial charge in [0.15, 0.2) is 0 Å². The maximum Gasteiger partial charge on any atom is 0.407 e. The number of ether oxygens (including phenoxy) is 2. The molecule has 21 heavy (non-hydrogen) atoms. The largest absolute Gasteiger partial charge is 0.445 e. The Bertz CT molecular complexity index is 495. The van der Waals surface area contributed by atoms with E-state index in [2.05, 4.69) is 10.6 Å². The number of nitrogens with one attached hydrogen (secondary N) is 2. The van der Waals surface area contributed by atoms with E-state index in [4.69, 9.17) is 9.47 Å². The van der Waals surface area contributed by atoms with E-state index in [0.717, 1.165) is 11.1 Å². The normalized spacial score (nSPS) is 10.7. The SMILES string of the molecule is CNC(=O)OCc1cccc(CNC(=O)OC(C)(C)C)c1. The third-order valence-electron chi connectivity index (χ3n) is 2.40. The van der Waals surface area contributed by atoms with Crippen LogP contribution in [0.4, 0.5) is 9.59 Å². The van der Waals surface area contributed by atoms with E-state index in [0.29, 0.717) is 6.54 Å². The van der Waals surface area contributed by atoms with E-state index in [1.54, 1.807) is 0 Å². The molecule has 0 radical (unpaired) electrons. The van der Waals surface area contributed by atoms with Gasteiger partial charge in [-0.2, -0.15) is 0 Å². The maximum atomic E-state index is 11.6. The van der Waals surface area contributed by atoms with Gasteiger partial charge in [0.05, 0.1) is 0 Å². The molecule has 6 heteroatoms. The first kappa shape index (κ1) is 16.8. The fourth-order valence-electron chi connectivity index (χ4n) is 1.54. The maximum absolute atomic E-state index is 11.6. The highest BCUT2D eigenvalue weighted by atomic mass is 16.6. The third-order valence-corrected chi connectivity index (χ3v) is 2.40. The van der Waals surface area contributed by atoms with Crippen molar-refractivity contribution in [1.29, 1.82) is 0 Å². The van der Waals surface area contributed by atoms with Gasteiger partial charge < -0.3 is 20.1 Å². The molecule has 0 fully saturated rings. The van der Waals surface area contributed by atoms with Crippen molar-refractivity contribution in [3.05, 3.63) is 35.4 Å². The highest BCUT2D eigenvalue weighted by molar-refractivity contribution is 5.67. The summed E-state index contributed by atoms with van der Waals surface area (Å²) in [6, 6.07) is 7.43. The molecule has 1 rings (SSSR count). The van der Waals surface area contributed by atoms with Gasteiger partial charge in [-0.25, -0.2) is 9.59 Å². The van der Waals surface area contributed by atoms with Gasteiger partial charge in [0.2, 0.25) is 0 Å². The van der Waals surface area contributed by atoms with Crippen LogP contribution in [0.15, 0.2) is 24.3 Å². The lowest BCUT2D eigenvalue weighted by Gasteiger charge is -2.19. The molecule has 0 unspecified atom stereocenters. The Hall–Kier alpha value is -2.24. The molecule has 0 saturated heterocycles. The van der Waals surface area contributed by atoms with Crippen molar-refractivity contribution >= 4 is 12.2 Å². The number of amides is 2. The first-order chi connectivity index (χ1) is 9.80. The minimum Gasteiger partial charge on any atom is -0.445 e. The molecule has 1 aromatic rings. The third kappa shape index (κ3) is 7.20. The molecule has 2 N–H and O–H groups in total. The van der Waals surface area contributed by atoms with Crippen LogP contribution in [0.2, 0.25) is 0 Å². The molecule has 0 heterocycles. The quantitative estimate of drug-likeness (QED) is 0.894. The molecular formula is C15H22N2O4. The predicted octanol–water partition coefficient (Wildman–Crippen LogP) is 2.57. The fourth-order valence-corrected chi connectivity index (χ4v) is 1.54. The van der Waals surface area contributed by atoms with Crippen molar-refractivity contribution in [2.45, 2.75) is 39.5 Å². The summed E-state index contributed by atoms with van der Waals surface area (Å²) in [7, 11) is 1.50. The Balaban J connectivity index is 2.49. The summed E-state index contributed by atoms with van der Waals surface area (Å²) in [5, 5.41) is 5.05. The van der Waals surface area contributed by atoms with Crippen molar-refractivity contribution in [2.24, 2.45) is 0 Å². The molecular weight excluding hydrogens is 272 g/mol. The van der Waals surface area contributed by atoms with E-state index in [9.17, 15) is 9.59 Å². The van der Waals surface area contributed by atoms with Crippen LogP contribution in [-0.2, 0) is 22.6 Å². The molecule has 2 amide bonds. The lowest BCUT2D eigenvalue weighted by molar-refractivity contribution is 0.0523. The van der Waals surface area contributed by atoms with Crippen LogP contribution < -0.4 is 10.6 Å². The second-order valence-electron chi connectivity index (χ2n) is 5.50. The van der Waals surface area contributed by atoms with Gasteiger partial charge in [0.25, 0.3) is 0 Å². The summed E-state index contributed by atoms with van der Waals surface area (Å²) in [6.07, 6.45) is -0.943. The number of carbonyl (C=O) groups is 2. The van der Waals surface area contributed by atoms with Gasteiger partial charge in [-0.15, -0.1) is 0 Å². The molecule has 0 saturated carbocycles. The monoisotopic (exact) mass is 294 g/mol. The average molecular weight is 294 g/mol. The number of rotatable bonds is 4. The molecule has 0 bridgehead atoms. The van der Waals surface area contributed by atoms with Crippen molar-refractivity contribution in [1.82, 2.24) is 10.6 Å². The van der Waals surface area contributed by atoms with Gasteiger partial charge in [-0.05, 0) is 31.9 Å². The smallest absolute Gasteiger partial charge is 0.407 e. The van der Waals surface area contributed by atoms with Crippen molar-refractivity contribution in [3.8, 4) is 0 Å². The van der Waals surface area contributed by atoms with Gasteiger partial charge in [0, 0.05) is 13.6 Å². The number of hydrogen-bond acceptors (Lipinski definition) is 4. The van der Waals surface area contributed by atoms with Crippen LogP contribution in [-0.4, -0.2) is 24.8 Å². The summed E-state index contributed by atoms with van der Waals surface area (Å²) < 4.78 is 10.1. The number of benzene rings is 1. The molecule has 0 aromatic heterocycles. The zero-order valence-corrected chi connectivity index (χ0v) is 12.9. The van der Waals surface area contributed by atoms with E-state index < -0.39 is 17.8 Å². The van der Waals surface area contributed by atoms with Crippen molar-refractivity contribution in [2.75, 3.05) is 7.05 Å². The molecule has 0 aliphatic heterocycles. The zero-order valence-electron chi connectivity index (χ0n) is 12.9. The lowest BCUT2D eigenvalue weighted by Crippen LogP contribution is -2.32. The number of alkyl carbamates (subject to hydrolysis) is 2. The first-order valence-corrected chi connectivity index (χ1v) is 6.69. The topological polar surface area (TPSA) is 76.7 Å². The van der Waals surface area contributed by atoms with Gasteiger partial charge in [-0.3, -0.25) is 0 Å². The Morgan fingerprint density at radius 2 is 1.81 bits per heavy atom. The lowest BCUT2D eigenvalue weighted by atomic mass is 10.1. The fraction of sp³-hybridized carbons (Fsp3) is 0.467. The second-order valence-corrected chi connectivity index (χ2v) is 5.50. The van der Waals surface area contributed by atoms with E-state index in [-0.39, 0.29) is 6.61 Å². The predicted molar refractivity (Wildman–Crippen MR) is 78.8 cm³/mol. The van der Waals surface area contributed by atoms with Crippen LogP contribution in [0.5, 0.6) is 0 Å². The Labute approximate surface area is 124 Å². The molecule has 0 aliphatic carbocycles. The Morgan fingerprint density at radius 1 is 1.14 bits per heavy atom. The Kier molecular flexibility index (Phi) is 6.02. The molecule has 0 aliphatic rings. The molecule has 6 nitrogen and oxygen atoms in total. The average Bonchev–Trinajstić information content (AvgIpc) is 2.41. The van der Waals surface area contributed by atoms with E-state index in [1.165, 1.54) is 7.05 Å². The molecule has 1 aromatic carbocycles. The van der Waals surface area contributed by atoms with E-state index >= 15 is 0 Å². The van der Waals surface area contributed by atoms with Crippen LogP contribution in [0.25, 0.3) is 0 Å². The summed E-state index contributed by atoms with van der Waals surface area (Å²) in [6.45, 7) is 5.96. The van der Waals surface area contributed by atoms with Crippen molar-refractivity contribution in [3.63, 3.8) is 0 Å². The highest BCUT2D eigenvalue weighted by Gasteiger charge is 2.15. The number of hydrogen-bond donors (Lipinski definition) is 2. The number of carbonyl (C=O) groups excluding carboxylic acids is 2. The van der Waals surface area contributed by atoms with Crippen LogP contribution in [0, 0.1) is 0 Å². The minimum absolute atomic E-state index is 0.181. The summed E-state index contributed by atoms with van der Waals surface area (Å²) >= 11 is 0. The second kappa shape index (κ2) is 7.52. The minimum atomic E-state index is -0.521. The van der Waals surface area contributed by atoms with Crippen LogP contribution >= 0.6 is 0 Å². The molecule has 0 atom stereocenters. The zero-order chi connectivity index (χ0) is 15.9. The summed E-state index contributed by atoms with van der Waals surface area (Å²) in [5.41, 5.74) is 1.23. The van der Waals surface area contributed by atoms with E-state index in [1.807, 2.05) is 45.0 Å². The standard InChI is InChI=1S/C15H22N2O4/c1-15(2,3)21-14(19)17-9-11-6-5-7-12(8-11)10-20-13(18)16-4/h5-8H,9-10H2,1-4H3,(H,16,18)(H,17,19). The Morgan fingerprint density at radius 3 is 2.43 bits per heavy atom. The van der Waals surface area contributed by atoms with Gasteiger partial charge >= 0.3 is 12.2 Å². The summed E-state index contributed by atoms with van der Waals surface area (Å²) in [4.78, 5) is 22.6. The van der Waals surface area contributed by atoms with Gasteiger partial charge in [-0.1, -0.05) is 24.3 Å². The van der Waals surface area contributed by atoms with Crippen molar-refractivity contribution < 1.29 is 19.1 Å². The first-order valence-electron chi connectivity index (χ1n) is 6.69. The molecule has 0 spiro atoms. The highest BCUT2D eigenvalue weighted by Crippen LogP contribution is 2.09. The summed E-state index contributed by atoms with van der Waals surface area (Å²) in [5.74, 6) is 0.